The number of pyridine rings is 1. The summed E-state index contributed by atoms with van der Waals surface area (Å²) >= 11 is 0. The van der Waals surface area contributed by atoms with Crippen molar-refractivity contribution in [3.8, 4) is 0 Å². The molecule has 17 heavy (non-hydrogen) atoms. The highest BCUT2D eigenvalue weighted by Crippen LogP contribution is 2.27. The Labute approximate surface area is 100 Å². The van der Waals surface area contributed by atoms with Crippen LogP contribution in [0.25, 0.3) is 0 Å². The van der Waals surface area contributed by atoms with Crippen molar-refractivity contribution < 1.29 is 4.79 Å². The van der Waals surface area contributed by atoms with Gasteiger partial charge in [-0.3, -0.25) is 4.79 Å². The lowest BCUT2D eigenvalue weighted by atomic mass is 10.0. The first-order valence-corrected chi connectivity index (χ1v) is 5.95. The monoisotopic (exact) mass is 232 g/mol. The van der Waals surface area contributed by atoms with Crippen molar-refractivity contribution in [1.82, 2.24) is 15.2 Å². The minimum Gasteiger partial charge on any atom is -0.384 e. The fourth-order valence-electron chi connectivity index (χ4n) is 2.74. The van der Waals surface area contributed by atoms with Crippen LogP contribution in [0.15, 0.2) is 18.3 Å². The maximum atomic E-state index is 12.2. The number of hydrogen-bond acceptors (Lipinski definition) is 4. The van der Waals surface area contributed by atoms with E-state index >= 15 is 0 Å². The van der Waals surface area contributed by atoms with Gasteiger partial charge < -0.3 is 16.0 Å². The second kappa shape index (κ2) is 4.00. The molecule has 1 aromatic rings. The topological polar surface area (TPSA) is 71.2 Å². The van der Waals surface area contributed by atoms with Crippen LogP contribution in [0.3, 0.4) is 0 Å². The molecule has 2 unspecified atom stereocenters. The molecule has 3 N–H and O–H groups in total. The second-order valence-corrected chi connectivity index (χ2v) is 4.86. The molecule has 0 spiro atoms. The highest BCUT2D eigenvalue weighted by molar-refractivity contribution is 5.94. The minimum atomic E-state index is 0.0758. The number of nitrogens with two attached hydrogens (primary N) is 1. The molecule has 2 atom stereocenters. The molecule has 0 radical (unpaired) electrons. The predicted molar refractivity (Wildman–Crippen MR) is 64.4 cm³/mol. The fraction of sp³-hybridized carbons (Fsp3) is 0.500. The Bertz CT molecular complexity index is 419. The van der Waals surface area contributed by atoms with Crippen LogP contribution in [-0.2, 0) is 0 Å². The van der Waals surface area contributed by atoms with E-state index in [1.54, 1.807) is 18.3 Å². The van der Waals surface area contributed by atoms with Gasteiger partial charge in [-0.2, -0.15) is 0 Å². The number of likely N-dealkylation sites (tertiary alicyclic amines) is 1. The normalized spacial score (nSPS) is 27.2. The van der Waals surface area contributed by atoms with Crippen LogP contribution in [0.2, 0.25) is 0 Å². The lowest BCUT2D eigenvalue weighted by molar-refractivity contribution is 0.0781. The highest BCUT2D eigenvalue weighted by Gasteiger charge is 2.38. The van der Waals surface area contributed by atoms with Crippen molar-refractivity contribution in [2.75, 3.05) is 31.9 Å². The number of nitrogens with one attached hydrogen (secondary N) is 1. The number of rotatable bonds is 1. The van der Waals surface area contributed by atoms with Crippen molar-refractivity contribution in [2.45, 2.75) is 0 Å². The number of anilines is 1. The van der Waals surface area contributed by atoms with Gasteiger partial charge in [0.15, 0.2) is 0 Å². The van der Waals surface area contributed by atoms with Gasteiger partial charge in [0.05, 0.1) is 5.56 Å². The zero-order valence-electron chi connectivity index (χ0n) is 9.60. The summed E-state index contributed by atoms with van der Waals surface area (Å²) in [7, 11) is 0. The molecule has 2 saturated heterocycles. The number of nitrogen functional groups attached to an aromatic ring is 1. The molecule has 0 bridgehead atoms. The number of amides is 1. The van der Waals surface area contributed by atoms with E-state index in [0.717, 1.165) is 26.2 Å². The summed E-state index contributed by atoms with van der Waals surface area (Å²) in [5.41, 5.74) is 6.14. The van der Waals surface area contributed by atoms with E-state index in [1.807, 2.05) is 4.90 Å². The van der Waals surface area contributed by atoms with Crippen LogP contribution in [0.4, 0.5) is 5.82 Å². The van der Waals surface area contributed by atoms with Crippen LogP contribution in [0.1, 0.15) is 10.4 Å². The molecule has 2 fully saturated rings. The standard InChI is InChI=1S/C12H16N4O/c13-11-2-1-8(5-15-11)12(17)16-6-9-3-14-4-10(9)7-16/h1-2,5,9-10,14H,3-4,6-7H2,(H2,13,15). The predicted octanol–water partition coefficient (Wildman–Crippen LogP) is -0.0448. The second-order valence-electron chi connectivity index (χ2n) is 4.86. The average Bonchev–Trinajstić information content (AvgIpc) is 2.89. The first-order valence-electron chi connectivity index (χ1n) is 5.95. The Morgan fingerprint density at radius 2 is 2.06 bits per heavy atom. The van der Waals surface area contributed by atoms with Crippen molar-refractivity contribution in [1.29, 1.82) is 0 Å². The van der Waals surface area contributed by atoms with Gasteiger partial charge in [0.1, 0.15) is 5.82 Å². The van der Waals surface area contributed by atoms with Crippen LogP contribution in [-0.4, -0.2) is 42.0 Å². The highest BCUT2D eigenvalue weighted by atomic mass is 16.2. The molecule has 0 aliphatic carbocycles. The van der Waals surface area contributed by atoms with Crippen LogP contribution in [0, 0.1) is 11.8 Å². The molecule has 2 aliphatic rings. The van der Waals surface area contributed by atoms with Gasteiger partial charge in [-0.05, 0) is 24.0 Å². The third kappa shape index (κ3) is 1.86. The van der Waals surface area contributed by atoms with Gasteiger partial charge in [-0.15, -0.1) is 0 Å². The van der Waals surface area contributed by atoms with Gasteiger partial charge in [-0.1, -0.05) is 0 Å². The Balaban J connectivity index is 1.73. The summed E-state index contributed by atoms with van der Waals surface area (Å²) in [5, 5.41) is 3.36. The Kier molecular flexibility index (Phi) is 2.48. The number of hydrogen-bond donors (Lipinski definition) is 2. The smallest absolute Gasteiger partial charge is 0.255 e. The van der Waals surface area contributed by atoms with Gasteiger partial charge in [0.2, 0.25) is 0 Å². The van der Waals surface area contributed by atoms with Crippen molar-refractivity contribution in [3.05, 3.63) is 23.9 Å². The van der Waals surface area contributed by atoms with E-state index < -0.39 is 0 Å². The van der Waals surface area contributed by atoms with Crippen LogP contribution >= 0.6 is 0 Å². The summed E-state index contributed by atoms with van der Waals surface area (Å²) in [6, 6.07) is 3.42. The summed E-state index contributed by atoms with van der Waals surface area (Å²) < 4.78 is 0. The molecule has 3 heterocycles. The maximum absolute atomic E-state index is 12.2. The first-order chi connectivity index (χ1) is 8.24. The lowest BCUT2D eigenvalue weighted by Gasteiger charge is -2.17. The number of aromatic nitrogens is 1. The SMILES string of the molecule is Nc1ccc(C(=O)N2CC3CNCC3C2)cn1. The molecule has 3 rings (SSSR count). The third-order valence-electron chi connectivity index (χ3n) is 3.71. The molecule has 1 aromatic heterocycles. The number of nitrogens with zero attached hydrogens (tertiary/aromatic N) is 2. The lowest BCUT2D eigenvalue weighted by Crippen LogP contribution is -2.31. The van der Waals surface area contributed by atoms with E-state index in [-0.39, 0.29) is 5.91 Å². The van der Waals surface area contributed by atoms with Gasteiger partial charge in [-0.25, -0.2) is 4.98 Å². The zero-order valence-corrected chi connectivity index (χ0v) is 9.60. The zero-order chi connectivity index (χ0) is 11.8. The van der Waals surface area contributed by atoms with E-state index in [2.05, 4.69) is 10.3 Å². The van der Waals surface area contributed by atoms with Crippen molar-refractivity contribution in [3.63, 3.8) is 0 Å². The number of fused-ring (bicyclic) bond motifs is 1. The van der Waals surface area contributed by atoms with Gasteiger partial charge in [0.25, 0.3) is 5.91 Å². The van der Waals surface area contributed by atoms with Gasteiger partial charge in [0, 0.05) is 32.4 Å². The van der Waals surface area contributed by atoms with Crippen LogP contribution < -0.4 is 11.1 Å². The van der Waals surface area contributed by atoms with E-state index in [4.69, 9.17) is 5.73 Å². The minimum absolute atomic E-state index is 0.0758. The molecule has 5 heteroatoms. The molecule has 2 aliphatic heterocycles. The molecular formula is C12H16N4O. The largest absolute Gasteiger partial charge is 0.384 e. The molecule has 5 nitrogen and oxygen atoms in total. The van der Waals surface area contributed by atoms with E-state index in [0.29, 0.717) is 23.2 Å². The Morgan fingerprint density at radius 1 is 1.35 bits per heavy atom. The number of carbonyl (C=O) groups is 1. The van der Waals surface area contributed by atoms with Gasteiger partial charge >= 0.3 is 0 Å². The molecule has 90 valence electrons. The van der Waals surface area contributed by atoms with E-state index in [9.17, 15) is 4.79 Å². The Hall–Kier alpha value is -1.62. The quantitative estimate of drug-likeness (QED) is 0.712. The summed E-state index contributed by atoms with van der Waals surface area (Å²) in [6.07, 6.45) is 1.56. The molecule has 0 saturated carbocycles. The fourth-order valence-corrected chi connectivity index (χ4v) is 2.74. The average molecular weight is 232 g/mol. The molecule has 1 amide bonds. The van der Waals surface area contributed by atoms with Crippen molar-refractivity contribution in [2.24, 2.45) is 11.8 Å². The van der Waals surface area contributed by atoms with Crippen LogP contribution in [0.5, 0.6) is 0 Å². The van der Waals surface area contributed by atoms with Crippen molar-refractivity contribution >= 4 is 11.7 Å². The summed E-state index contributed by atoms with van der Waals surface area (Å²) in [5.74, 6) is 1.78. The maximum Gasteiger partial charge on any atom is 0.255 e. The Morgan fingerprint density at radius 3 is 2.65 bits per heavy atom. The molecular weight excluding hydrogens is 216 g/mol. The molecule has 0 aromatic carbocycles. The third-order valence-corrected chi connectivity index (χ3v) is 3.71. The summed E-state index contributed by atoms with van der Waals surface area (Å²) in [6.45, 7) is 3.80. The number of carbonyl (C=O) groups excluding carboxylic acids is 1. The summed E-state index contributed by atoms with van der Waals surface area (Å²) in [4.78, 5) is 18.1. The first kappa shape index (κ1) is 10.5. The van der Waals surface area contributed by atoms with E-state index in [1.165, 1.54) is 0 Å².